The first-order valence-electron chi connectivity index (χ1n) is 6.80. The predicted octanol–water partition coefficient (Wildman–Crippen LogP) is 1.24. The molecule has 5 heteroatoms. The van der Waals surface area contributed by atoms with Crippen LogP contribution in [0, 0.1) is 5.92 Å². The maximum atomic E-state index is 12.0. The average Bonchev–Trinajstić information content (AvgIpc) is 2.13. The molecule has 2 unspecified atom stereocenters. The molecule has 0 aromatic heterocycles. The minimum Gasteiger partial charge on any atom is -0.313 e. The molecule has 1 aliphatic carbocycles. The number of piperidine rings is 1. The molecule has 0 bridgehead atoms. The Hall–Kier alpha value is -0.130. The van der Waals surface area contributed by atoms with E-state index in [-0.39, 0.29) is 17.8 Å². The van der Waals surface area contributed by atoms with Gasteiger partial charge in [0.05, 0.1) is 5.75 Å². The number of sulfonamides is 1. The zero-order valence-corrected chi connectivity index (χ0v) is 11.4. The highest BCUT2D eigenvalue weighted by Crippen LogP contribution is 2.29. The third-order valence-electron chi connectivity index (χ3n) is 4.06. The van der Waals surface area contributed by atoms with Crippen molar-refractivity contribution in [3.8, 4) is 0 Å². The first-order valence-corrected chi connectivity index (χ1v) is 8.45. The van der Waals surface area contributed by atoms with Crippen molar-refractivity contribution in [3.63, 3.8) is 0 Å². The van der Waals surface area contributed by atoms with Crippen LogP contribution in [0.25, 0.3) is 0 Å². The van der Waals surface area contributed by atoms with Gasteiger partial charge in [-0.05, 0) is 45.1 Å². The van der Waals surface area contributed by atoms with Crippen LogP contribution >= 0.6 is 0 Å². The summed E-state index contributed by atoms with van der Waals surface area (Å²) in [6.45, 7) is 2.95. The van der Waals surface area contributed by atoms with Crippen molar-refractivity contribution in [3.05, 3.63) is 0 Å². The molecule has 0 aromatic carbocycles. The third kappa shape index (κ3) is 3.93. The fraction of sp³-hybridized carbons (Fsp3) is 1.00. The molecule has 100 valence electrons. The van der Waals surface area contributed by atoms with E-state index >= 15 is 0 Å². The Morgan fingerprint density at radius 1 is 1.24 bits per heavy atom. The third-order valence-corrected chi connectivity index (χ3v) is 5.63. The lowest BCUT2D eigenvalue weighted by Gasteiger charge is -2.32. The van der Waals surface area contributed by atoms with Crippen molar-refractivity contribution in [2.45, 2.75) is 57.5 Å². The molecular weight excluding hydrogens is 236 g/mol. The first-order chi connectivity index (χ1) is 8.07. The highest BCUT2D eigenvalue weighted by molar-refractivity contribution is 7.89. The maximum absolute atomic E-state index is 12.0. The van der Waals surface area contributed by atoms with Crippen LogP contribution in [0.3, 0.4) is 0 Å². The summed E-state index contributed by atoms with van der Waals surface area (Å²) in [5, 5.41) is 3.29. The van der Waals surface area contributed by atoms with Crippen LogP contribution in [-0.2, 0) is 10.0 Å². The Labute approximate surface area is 105 Å². The van der Waals surface area contributed by atoms with Crippen LogP contribution in [0.4, 0.5) is 0 Å². The summed E-state index contributed by atoms with van der Waals surface area (Å²) >= 11 is 0. The molecule has 2 rings (SSSR count). The average molecular weight is 260 g/mol. The monoisotopic (exact) mass is 260 g/mol. The normalized spacial score (nSPS) is 28.6. The molecule has 0 radical (unpaired) electrons. The molecule has 0 spiro atoms. The number of nitrogens with one attached hydrogen (secondary N) is 2. The van der Waals surface area contributed by atoms with Gasteiger partial charge in [-0.15, -0.1) is 0 Å². The van der Waals surface area contributed by atoms with Gasteiger partial charge in [-0.3, -0.25) is 0 Å². The standard InChI is InChI=1S/C12H24N2O2S/c1-10(11-5-4-6-11)14-17(15,16)9-12-7-2-3-8-13-12/h10-14H,2-9H2,1H3. The summed E-state index contributed by atoms with van der Waals surface area (Å²) < 4.78 is 26.8. The van der Waals surface area contributed by atoms with Gasteiger partial charge < -0.3 is 5.32 Å². The second-order valence-corrected chi connectivity index (χ2v) is 7.32. The van der Waals surface area contributed by atoms with E-state index in [2.05, 4.69) is 10.0 Å². The van der Waals surface area contributed by atoms with Crippen molar-refractivity contribution in [2.75, 3.05) is 12.3 Å². The number of hydrogen-bond donors (Lipinski definition) is 2. The maximum Gasteiger partial charge on any atom is 0.213 e. The lowest BCUT2D eigenvalue weighted by Crippen LogP contribution is -2.47. The molecule has 2 aliphatic rings. The van der Waals surface area contributed by atoms with Gasteiger partial charge in [0.25, 0.3) is 0 Å². The summed E-state index contributed by atoms with van der Waals surface area (Å²) in [5.74, 6) is 0.799. The van der Waals surface area contributed by atoms with Crippen LogP contribution in [0.5, 0.6) is 0 Å². The van der Waals surface area contributed by atoms with E-state index in [0.717, 1.165) is 19.4 Å². The van der Waals surface area contributed by atoms with E-state index in [1.807, 2.05) is 6.92 Å². The predicted molar refractivity (Wildman–Crippen MR) is 69.4 cm³/mol. The lowest BCUT2D eigenvalue weighted by atomic mass is 9.81. The molecule has 0 amide bonds. The highest BCUT2D eigenvalue weighted by Gasteiger charge is 2.28. The van der Waals surface area contributed by atoms with Crippen LogP contribution in [-0.4, -0.2) is 32.8 Å². The van der Waals surface area contributed by atoms with Gasteiger partial charge in [0, 0.05) is 12.1 Å². The number of hydrogen-bond acceptors (Lipinski definition) is 3. The molecule has 1 aliphatic heterocycles. The second-order valence-electron chi connectivity index (χ2n) is 5.53. The summed E-state index contributed by atoms with van der Waals surface area (Å²) in [6.07, 6.45) is 6.89. The Kier molecular flexibility index (Phi) is 4.44. The molecule has 0 aromatic rings. The Morgan fingerprint density at radius 2 is 2.00 bits per heavy atom. The van der Waals surface area contributed by atoms with Crippen molar-refractivity contribution < 1.29 is 8.42 Å². The molecule has 17 heavy (non-hydrogen) atoms. The van der Waals surface area contributed by atoms with E-state index in [1.54, 1.807) is 0 Å². The van der Waals surface area contributed by atoms with Gasteiger partial charge in [0.15, 0.2) is 0 Å². The van der Waals surface area contributed by atoms with Crippen molar-refractivity contribution in [2.24, 2.45) is 5.92 Å². The molecular formula is C12H24N2O2S. The second kappa shape index (κ2) is 5.67. The van der Waals surface area contributed by atoms with Gasteiger partial charge in [0.1, 0.15) is 0 Å². The van der Waals surface area contributed by atoms with Gasteiger partial charge in [0.2, 0.25) is 10.0 Å². The van der Waals surface area contributed by atoms with Gasteiger partial charge in [-0.25, -0.2) is 13.1 Å². The van der Waals surface area contributed by atoms with Crippen molar-refractivity contribution in [1.29, 1.82) is 0 Å². The fourth-order valence-electron chi connectivity index (χ4n) is 2.70. The Morgan fingerprint density at radius 3 is 2.53 bits per heavy atom. The van der Waals surface area contributed by atoms with Gasteiger partial charge >= 0.3 is 0 Å². The summed E-state index contributed by atoms with van der Waals surface area (Å²) in [5.41, 5.74) is 0. The van der Waals surface area contributed by atoms with Crippen LogP contribution in [0.2, 0.25) is 0 Å². The van der Waals surface area contributed by atoms with Crippen LogP contribution in [0.15, 0.2) is 0 Å². The topological polar surface area (TPSA) is 58.2 Å². The Balaban J connectivity index is 1.80. The van der Waals surface area contributed by atoms with E-state index in [4.69, 9.17) is 0 Å². The van der Waals surface area contributed by atoms with E-state index < -0.39 is 10.0 Å². The lowest BCUT2D eigenvalue weighted by molar-refractivity contribution is 0.260. The minimum absolute atomic E-state index is 0.109. The molecule has 1 saturated carbocycles. The molecule has 4 nitrogen and oxygen atoms in total. The smallest absolute Gasteiger partial charge is 0.213 e. The largest absolute Gasteiger partial charge is 0.313 e. The molecule has 1 heterocycles. The van der Waals surface area contributed by atoms with Gasteiger partial charge in [-0.1, -0.05) is 12.8 Å². The zero-order chi connectivity index (χ0) is 12.3. The SMILES string of the molecule is CC(NS(=O)(=O)CC1CCCCN1)C1CCC1. The molecule has 1 saturated heterocycles. The van der Waals surface area contributed by atoms with Crippen molar-refractivity contribution in [1.82, 2.24) is 10.0 Å². The van der Waals surface area contributed by atoms with E-state index in [0.29, 0.717) is 5.92 Å². The van der Waals surface area contributed by atoms with E-state index in [9.17, 15) is 8.42 Å². The van der Waals surface area contributed by atoms with Crippen LogP contribution in [0.1, 0.15) is 45.4 Å². The zero-order valence-electron chi connectivity index (χ0n) is 10.6. The molecule has 2 fully saturated rings. The quantitative estimate of drug-likeness (QED) is 0.782. The van der Waals surface area contributed by atoms with Gasteiger partial charge in [-0.2, -0.15) is 0 Å². The fourth-order valence-corrected chi connectivity index (χ4v) is 4.37. The highest BCUT2D eigenvalue weighted by atomic mass is 32.2. The minimum atomic E-state index is -3.11. The molecule has 2 atom stereocenters. The van der Waals surface area contributed by atoms with Crippen molar-refractivity contribution >= 4 is 10.0 Å². The number of rotatable bonds is 5. The summed E-state index contributed by atoms with van der Waals surface area (Å²) in [4.78, 5) is 0. The summed E-state index contributed by atoms with van der Waals surface area (Å²) in [6, 6.07) is 0.257. The molecule has 2 N–H and O–H groups in total. The Bertz CT molecular complexity index is 322. The summed E-state index contributed by atoms with van der Waals surface area (Å²) in [7, 11) is -3.11. The van der Waals surface area contributed by atoms with E-state index in [1.165, 1.54) is 25.7 Å². The van der Waals surface area contributed by atoms with Crippen LogP contribution < -0.4 is 10.0 Å². The first kappa shape index (κ1) is 13.3.